The number of amides is 2. The van der Waals surface area contributed by atoms with Crippen LogP contribution in [0.1, 0.15) is 72.4 Å². The molecule has 9 nitrogen and oxygen atoms in total. The van der Waals surface area contributed by atoms with Gasteiger partial charge in [0.25, 0.3) is 0 Å². The predicted molar refractivity (Wildman–Crippen MR) is 183 cm³/mol. The van der Waals surface area contributed by atoms with Gasteiger partial charge in [-0.1, -0.05) is 56.7 Å². The molecule has 3 aromatic heterocycles. The molecule has 0 bridgehead atoms. The average molecular weight is 670 g/mol. The molecule has 254 valence electrons. The van der Waals surface area contributed by atoms with Crippen LogP contribution in [0.15, 0.2) is 79.0 Å². The van der Waals surface area contributed by atoms with Crippen molar-refractivity contribution < 1.29 is 22.8 Å². The highest BCUT2D eigenvalue weighted by Crippen LogP contribution is 2.41. The maximum Gasteiger partial charge on any atom is 0.434 e. The summed E-state index contributed by atoms with van der Waals surface area (Å²) in [4.78, 5) is 36.0. The minimum Gasteiger partial charge on any atom is -0.317 e. The van der Waals surface area contributed by atoms with Gasteiger partial charge in [-0.05, 0) is 80.7 Å². The molecule has 6 rings (SSSR count). The van der Waals surface area contributed by atoms with Gasteiger partial charge in [-0.2, -0.15) is 18.3 Å². The van der Waals surface area contributed by atoms with Crippen molar-refractivity contribution in [3.8, 4) is 5.69 Å². The lowest BCUT2D eigenvalue weighted by Gasteiger charge is -2.32. The Morgan fingerprint density at radius 1 is 0.939 bits per heavy atom. The van der Waals surface area contributed by atoms with Gasteiger partial charge < -0.3 is 10.6 Å². The fourth-order valence-corrected chi connectivity index (χ4v) is 6.24. The monoisotopic (exact) mass is 669 g/mol. The molecule has 0 spiro atoms. The van der Waals surface area contributed by atoms with Crippen LogP contribution >= 0.6 is 0 Å². The second-order valence-corrected chi connectivity index (χ2v) is 13.4. The third-order valence-electron chi connectivity index (χ3n) is 8.80. The van der Waals surface area contributed by atoms with E-state index in [1.54, 1.807) is 41.1 Å². The van der Waals surface area contributed by atoms with Gasteiger partial charge in [-0.25, -0.2) is 19.4 Å². The first-order valence-corrected chi connectivity index (χ1v) is 16.2. The predicted octanol–water partition coefficient (Wildman–Crippen LogP) is 8.05. The number of ketones is 1. The van der Waals surface area contributed by atoms with Crippen molar-refractivity contribution in [1.82, 2.24) is 25.1 Å². The fraction of sp³-hybridized carbons (Fsp3) is 0.324. The zero-order valence-electron chi connectivity index (χ0n) is 27.7. The number of aryl methyl sites for hydroxylation is 1. The summed E-state index contributed by atoms with van der Waals surface area (Å²) in [6.07, 6.45) is -2.41. The molecule has 1 atom stereocenters. The van der Waals surface area contributed by atoms with Gasteiger partial charge in [0.1, 0.15) is 5.82 Å². The van der Waals surface area contributed by atoms with Crippen LogP contribution in [0.4, 0.5) is 29.5 Å². The maximum atomic E-state index is 14.5. The molecule has 1 aliphatic heterocycles. The summed E-state index contributed by atoms with van der Waals surface area (Å²) >= 11 is 0. The van der Waals surface area contributed by atoms with E-state index in [2.05, 4.69) is 25.9 Å². The molecule has 1 unspecified atom stereocenters. The number of nitrogens with zero attached hydrogens (tertiary/aromatic N) is 4. The van der Waals surface area contributed by atoms with Gasteiger partial charge in [-0.3, -0.25) is 10.1 Å². The van der Waals surface area contributed by atoms with Gasteiger partial charge in [0.05, 0.1) is 17.3 Å². The first kappa shape index (κ1) is 33.8. The van der Waals surface area contributed by atoms with Crippen LogP contribution in [0.3, 0.4) is 0 Å². The zero-order chi connectivity index (χ0) is 34.9. The van der Waals surface area contributed by atoms with Crippen LogP contribution in [-0.4, -0.2) is 44.7 Å². The van der Waals surface area contributed by atoms with E-state index in [9.17, 15) is 22.8 Å². The highest BCUT2D eigenvalue weighted by molar-refractivity contribution is 6.06. The lowest BCUT2D eigenvalue weighted by atomic mass is 9.75. The number of hydrogen-bond acceptors (Lipinski definition) is 6. The van der Waals surface area contributed by atoms with E-state index >= 15 is 0 Å². The van der Waals surface area contributed by atoms with E-state index in [1.807, 2.05) is 58.0 Å². The third-order valence-corrected chi connectivity index (χ3v) is 8.80. The Labute approximate surface area is 282 Å². The van der Waals surface area contributed by atoms with E-state index in [0.717, 1.165) is 16.9 Å². The second kappa shape index (κ2) is 13.4. The number of aromatic nitrogens is 4. The number of halogens is 3. The van der Waals surface area contributed by atoms with E-state index in [1.165, 1.54) is 12.3 Å². The number of nitrogens with one attached hydrogen (secondary N) is 3. The first-order valence-electron chi connectivity index (χ1n) is 16.2. The summed E-state index contributed by atoms with van der Waals surface area (Å²) in [5, 5.41) is 14.2. The third kappa shape index (κ3) is 7.34. The number of Topliss-reactive ketones (excluding diaryl/α,β-unsaturated/α-hetero) is 1. The van der Waals surface area contributed by atoms with Crippen LogP contribution in [0.2, 0.25) is 0 Å². The van der Waals surface area contributed by atoms with Crippen LogP contribution < -0.4 is 16.0 Å². The molecule has 1 aliphatic rings. The second-order valence-electron chi connectivity index (χ2n) is 13.4. The number of piperidine rings is 1. The summed E-state index contributed by atoms with van der Waals surface area (Å²) in [6.45, 7) is 9.28. The number of rotatable bonds is 7. The quantitative estimate of drug-likeness (QED) is 0.151. The molecule has 2 aromatic carbocycles. The molecule has 3 N–H and O–H groups in total. The molecular weight excluding hydrogens is 631 g/mol. The summed E-state index contributed by atoms with van der Waals surface area (Å²) in [6, 6.07) is 20.1. The summed E-state index contributed by atoms with van der Waals surface area (Å²) in [5.74, 6) is -1.55. The van der Waals surface area contributed by atoms with E-state index in [0.29, 0.717) is 48.4 Å². The van der Waals surface area contributed by atoms with Crippen molar-refractivity contribution in [1.29, 1.82) is 0 Å². The Morgan fingerprint density at radius 3 is 2.35 bits per heavy atom. The minimum absolute atomic E-state index is 0.0944. The molecule has 2 amide bonds. The van der Waals surface area contributed by atoms with E-state index in [4.69, 9.17) is 5.10 Å². The number of fused-ring (bicyclic) bond motifs is 1. The molecule has 12 heteroatoms. The van der Waals surface area contributed by atoms with Crippen molar-refractivity contribution in [2.24, 2.45) is 5.92 Å². The number of carbonyl (C=O) groups is 2. The summed E-state index contributed by atoms with van der Waals surface area (Å²) < 4.78 is 44.9. The van der Waals surface area contributed by atoms with E-state index < -0.39 is 35.2 Å². The van der Waals surface area contributed by atoms with Crippen LogP contribution in [0, 0.1) is 12.8 Å². The largest absolute Gasteiger partial charge is 0.434 e. The molecule has 4 heterocycles. The minimum atomic E-state index is -4.89. The zero-order valence-corrected chi connectivity index (χ0v) is 27.7. The number of hydrogen-bond donors (Lipinski definition) is 3. The number of anilines is 2. The fourth-order valence-electron chi connectivity index (χ4n) is 6.24. The average Bonchev–Trinajstić information content (AvgIpc) is 3.49. The number of urea groups is 1. The number of carbonyl (C=O) groups excluding carboxylic acids is 2. The van der Waals surface area contributed by atoms with E-state index in [-0.39, 0.29) is 17.0 Å². The standard InChI is InChI=1S/C37H38F3N7O2/c1-22-11-13-25(14-12-22)47-30(21-29(46-47)36(2,3)4)44-35(49)43-28-10-6-5-9-26(28)31(23-15-18-41-19-16-23)32(48)27-20-24-8-7-17-42-34(24)45-33(27)37(38,39)40/h5-14,17,20-21,23,31,41H,15-16,18-19H2,1-4H3,(H2,43,44,49). The van der Waals surface area contributed by atoms with Gasteiger partial charge >= 0.3 is 12.2 Å². The Bertz CT molecular complexity index is 1990. The van der Waals surface area contributed by atoms with Gasteiger partial charge in [-0.15, -0.1) is 0 Å². The van der Waals surface area contributed by atoms with Crippen molar-refractivity contribution in [2.75, 3.05) is 23.7 Å². The van der Waals surface area contributed by atoms with Crippen molar-refractivity contribution in [3.05, 3.63) is 107 Å². The molecule has 49 heavy (non-hydrogen) atoms. The molecule has 1 saturated heterocycles. The Kier molecular flexibility index (Phi) is 9.26. The first-order chi connectivity index (χ1) is 23.3. The lowest BCUT2D eigenvalue weighted by molar-refractivity contribution is -0.141. The molecule has 0 saturated carbocycles. The topological polar surface area (TPSA) is 114 Å². The molecule has 0 aliphatic carbocycles. The van der Waals surface area contributed by atoms with Gasteiger partial charge in [0.15, 0.2) is 17.1 Å². The number of pyridine rings is 2. The van der Waals surface area contributed by atoms with Crippen LogP contribution in [-0.2, 0) is 11.6 Å². The number of alkyl halides is 3. The van der Waals surface area contributed by atoms with Crippen LogP contribution in [0.25, 0.3) is 16.7 Å². The number of benzene rings is 2. The Morgan fingerprint density at radius 2 is 1.65 bits per heavy atom. The smallest absolute Gasteiger partial charge is 0.317 e. The number of para-hydroxylation sites is 1. The normalized spacial score (nSPS) is 14.8. The maximum absolute atomic E-state index is 14.5. The molecule has 5 aromatic rings. The lowest BCUT2D eigenvalue weighted by Crippen LogP contribution is -2.35. The highest BCUT2D eigenvalue weighted by Gasteiger charge is 2.42. The highest BCUT2D eigenvalue weighted by atomic mass is 19.4. The van der Waals surface area contributed by atoms with Crippen molar-refractivity contribution >= 4 is 34.4 Å². The Hall–Kier alpha value is -5.10. The SMILES string of the molecule is Cc1ccc(-n2nc(C(C)(C)C)cc2NC(=O)Nc2ccccc2C(C(=O)c2cc3cccnc3nc2C(F)(F)F)C2CCNCC2)cc1. The van der Waals surface area contributed by atoms with Gasteiger partial charge in [0, 0.05) is 34.3 Å². The summed E-state index contributed by atoms with van der Waals surface area (Å²) in [7, 11) is 0. The van der Waals surface area contributed by atoms with Crippen molar-refractivity contribution in [2.45, 2.75) is 58.0 Å². The van der Waals surface area contributed by atoms with Gasteiger partial charge in [0.2, 0.25) is 0 Å². The molecule has 1 fully saturated rings. The van der Waals surface area contributed by atoms with Crippen LogP contribution in [0.5, 0.6) is 0 Å². The summed E-state index contributed by atoms with van der Waals surface area (Å²) in [5.41, 5.74) is 1.15. The van der Waals surface area contributed by atoms with Crippen molar-refractivity contribution in [3.63, 3.8) is 0 Å². The molecule has 0 radical (unpaired) electrons. The molecular formula is C37H38F3N7O2. The Balaban J connectivity index is 1.38.